The normalized spacial score (nSPS) is 13.7. The number of aliphatic hydroxyl groups excluding tert-OH is 2. The maximum absolute atomic E-state index is 11.5. The van der Waals surface area contributed by atoms with Crippen molar-refractivity contribution in [1.82, 2.24) is 4.72 Å². The number of aliphatic hydroxyl groups is 2. The van der Waals surface area contributed by atoms with Gasteiger partial charge in [0, 0.05) is 6.54 Å². The predicted octanol–water partition coefficient (Wildman–Crippen LogP) is -0.682. The maximum Gasteiger partial charge on any atom is 0.240 e. The van der Waals surface area contributed by atoms with Gasteiger partial charge in [0.05, 0.1) is 17.6 Å². The second-order valence-corrected chi connectivity index (χ2v) is 4.77. The van der Waals surface area contributed by atoms with Crippen molar-refractivity contribution in [2.24, 2.45) is 0 Å². The number of hydrogen-bond donors (Lipinski definition) is 3. The zero-order valence-corrected chi connectivity index (χ0v) is 8.81. The monoisotopic (exact) mass is 231 g/mol. The molecule has 0 aliphatic rings. The Morgan fingerprint density at radius 1 is 1.27 bits per heavy atom. The molecule has 0 saturated carbocycles. The summed E-state index contributed by atoms with van der Waals surface area (Å²) in [5.74, 6) is 0. The van der Waals surface area contributed by atoms with Crippen molar-refractivity contribution in [3.05, 3.63) is 30.3 Å². The fourth-order valence-electron chi connectivity index (χ4n) is 0.953. The molecule has 1 aromatic carbocycles. The third kappa shape index (κ3) is 3.60. The van der Waals surface area contributed by atoms with Crippen molar-refractivity contribution in [2.75, 3.05) is 13.2 Å². The van der Waals surface area contributed by atoms with Crippen LogP contribution in [0.3, 0.4) is 0 Å². The van der Waals surface area contributed by atoms with Crippen molar-refractivity contribution in [3.8, 4) is 0 Å². The second kappa shape index (κ2) is 5.22. The van der Waals surface area contributed by atoms with Gasteiger partial charge < -0.3 is 10.2 Å². The first-order chi connectivity index (χ1) is 7.06. The molecule has 0 bridgehead atoms. The first-order valence-corrected chi connectivity index (χ1v) is 5.88. The molecule has 0 aliphatic carbocycles. The smallest absolute Gasteiger partial charge is 0.240 e. The molecule has 0 radical (unpaired) electrons. The highest BCUT2D eigenvalue weighted by molar-refractivity contribution is 7.89. The molecule has 84 valence electrons. The Morgan fingerprint density at radius 3 is 2.40 bits per heavy atom. The Hall–Kier alpha value is -0.950. The number of hydrogen-bond acceptors (Lipinski definition) is 4. The van der Waals surface area contributed by atoms with Crippen molar-refractivity contribution >= 4 is 10.0 Å². The Kier molecular flexibility index (Phi) is 4.22. The van der Waals surface area contributed by atoms with E-state index in [0.29, 0.717) is 0 Å². The van der Waals surface area contributed by atoms with Crippen LogP contribution >= 0.6 is 0 Å². The molecule has 0 spiro atoms. The summed E-state index contributed by atoms with van der Waals surface area (Å²) in [6, 6.07) is 7.83. The molecule has 3 N–H and O–H groups in total. The second-order valence-electron chi connectivity index (χ2n) is 3.00. The van der Waals surface area contributed by atoms with Crippen LogP contribution in [-0.2, 0) is 10.0 Å². The number of benzene rings is 1. The third-order valence-corrected chi connectivity index (χ3v) is 3.21. The lowest BCUT2D eigenvalue weighted by molar-refractivity contribution is 0.0988. The van der Waals surface area contributed by atoms with E-state index in [1.165, 1.54) is 12.1 Å². The SMILES string of the molecule is O=S(=O)(NCC(O)CO)c1ccccc1. The van der Waals surface area contributed by atoms with Gasteiger partial charge in [-0.05, 0) is 12.1 Å². The van der Waals surface area contributed by atoms with E-state index >= 15 is 0 Å². The van der Waals surface area contributed by atoms with Crippen LogP contribution in [0.4, 0.5) is 0 Å². The third-order valence-electron chi connectivity index (χ3n) is 1.77. The molecule has 0 aliphatic heterocycles. The van der Waals surface area contributed by atoms with E-state index in [2.05, 4.69) is 4.72 Å². The lowest BCUT2D eigenvalue weighted by Gasteiger charge is -2.09. The Labute approximate surface area is 88.4 Å². The van der Waals surface area contributed by atoms with E-state index in [1.807, 2.05) is 0 Å². The van der Waals surface area contributed by atoms with Crippen LogP contribution in [0.2, 0.25) is 0 Å². The molecular formula is C9H13NO4S. The average Bonchev–Trinajstić information content (AvgIpc) is 2.27. The molecule has 0 amide bonds. The van der Waals surface area contributed by atoms with E-state index in [0.717, 1.165) is 0 Å². The van der Waals surface area contributed by atoms with Gasteiger partial charge in [-0.2, -0.15) is 0 Å². The van der Waals surface area contributed by atoms with Gasteiger partial charge >= 0.3 is 0 Å². The van der Waals surface area contributed by atoms with Gasteiger partial charge in [0.2, 0.25) is 10.0 Å². The van der Waals surface area contributed by atoms with Crippen LogP contribution in [0.25, 0.3) is 0 Å². The summed E-state index contributed by atoms with van der Waals surface area (Å²) in [6.07, 6.45) is -1.08. The van der Waals surface area contributed by atoms with Gasteiger partial charge in [-0.3, -0.25) is 0 Å². The minimum Gasteiger partial charge on any atom is -0.394 e. The largest absolute Gasteiger partial charge is 0.394 e. The number of sulfonamides is 1. The summed E-state index contributed by atoms with van der Waals surface area (Å²) in [5.41, 5.74) is 0. The maximum atomic E-state index is 11.5. The van der Waals surface area contributed by atoms with Gasteiger partial charge in [0.15, 0.2) is 0 Å². The minimum absolute atomic E-state index is 0.134. The molecule has 5 nitrogen and oxygen atoms in total. The summed E-state index contributed by atoms with van der Waals surface area (Å²) < 4.78 is 25.3. The zero-order valence-electron chi connectivity index (χ0n) is 8.00. The number of nitrogens with one attached hydrogen (secondary N) is 1. The molecule has 1 unspecified atom stereocenters. The van der Waals surface area contributed by atoms with Crippen LogP contribution in [-0.4, -0.2) is 37.9 Å². The molecular weight excluding hydrogens is 218 g/mol. The molecule has 0 heterocycles. The van der Waals surface area contributed by atoms with Gasteiger partial charge in [-0.25, -0.2) is 13.1 Å². The van der Waals surface area contributed by atoms with Crippen LogP contribution in [0, 0.1) is 0 Å². The summed E-state index contributed by atoms with van der Waals surface area (Å²) in [6.45, 7) is -0.676. The molecule has 1 rings (SSSR count). The highest BCUT2D eigenvalue weighted by atomic mass is 32.2. The standard InChI is InChI=1S/C9H13NO4S/c11-7-8(12)6-10-15(13,14)9-4-2-1-3-5-9/h1-5,8,10-12H,6-7H2. The summed E-state index contributed by atoms with van der Waals surface area (Å²) in [5, 5.41) is 17.5. The summed E-state index contributed by atoms with van der Waals surface area (Å²) >= 11 is 0. The summed E-state index contributed by atoms with van der Waals surface area (Å²) in [4.78, 5) is 0.134. The van der Waals surface area contributed by atoms with Crippen LogP contribution in [0.15, 0.2) is 35.2 Å². The van der Waals surface area contributed by atoms with Gasteiger partial charge in [-0.15, -0.1) is 0 Å². The van der Waals surface area contributed by atoms with E-state index in [9.17, 15) is 8.42 Å². The van der Waals surface area contributed by atoms with Gasteiger partial charge in [0.25, 0.3) is 0 Å². The fourth-order valence-corrected chi connectivity index (χ4v) is 2.05. The van der Waals surface area contributed by atoms with Crippen molar-refractivity contribution in [2.45, 2.75) is 11.0 Å². The first kappa shape index (κ1) is 12.1. The minimum atomic E-state index is -3.59. The van der Waals surface area contributed by atoms with Crippen molar-refractivity contribution < 1.29 is 18.6 Å². The molecule has 0 fully saturated rings. The molecule has 1 atom stereocenters. The number of rotatable bonds is 5. The highest BCUT2D eigenvalue weighted by Gasteiger charge is 2.14. The zero-order chi connectivity index (χ0) is 11.3. The lowest BCUT2D eigenvalue weighted by Crippen LogP contribution is -2.33. The fraction of sp³-hybridized carbons (Fsp3) is 0.333. The quantitative estimate of drug-likeness (QED) is 0.626. The van der Waals surface area contributed by atoms with Crippen LogP contribution in [0.5, 0.6) is 0 Å². The first-order valence-electron chi connectivity index (χ1n) is 4.40. The Balaban J connectivity index is 2.69. The molecule has 0 aromatic heterocycles. The lowest BCUT2D eigenvalue weighted by atomic mass is 10.4. The molecule has 0 saturated heterocycles. The van der Waals surface area contributed by atoms with Crippen LogP contribution < -0.4 is 4.72 Å². The predicted molar refractivity (Wildman–Crippen MR) is 54.7 cm³/mol. The van der Waals surface area contributed by atoms with E-state index in [-0.39, 0.29) is 11.4 Å². The van der Waals surface area contributed by atoms with Gasteiger partial charge in [0.1, 0.15) is 0 Å². The molecule has 15 heavy (non-hydrogen) atoms. The Bertz CT molecular complexity index is 390. The average molecular weight is 231 g/mol. The highest BCUT2D eigenvalue weighted by Crippen LogP contribution is 2.06. The topological polar surface area (TPSA) is 86.6 Å². The van der Waals surface area contributed by atoms with Crippen molar-refractivity contribution in [3.63, 3.8) is 0 Å². The van der Waals surface area contributed by atoms with Crippen LogP contribution in [0.1, 0.15) is 0 Å². The van der Waals surface area contributed by atoms with E-state index < -0.39 is 22.7 Å². The molecule has 6 heteroatoms. The van der Waals surface area contributed by atoms with Gasteiger partial charge in [-0.1, -0.05) is 18.2 Å². The van der Waals surface area contributed by atoms with E-state index in [4.69, 9.17) is 10.2 Å². The van der Waals surface area contributed by atoms with E-state index in [1.54, 1.807) is 18.2 Å². The molecule has 1 aromatic rings. The summed E-state index contributed by atoms with van der Waals surface area (Å²) in [7, 11) is -3.59. The Morgan fingerprint density at radius 2 is 1.87 bits per heavy atom. The van der Waals surface area contributed by atoms with Crippen molar-refractivity contribution in [1.29, 1.82) is 0 Å².